The highest BCUT2D eigenvalue weighted by Gasteiger charge is 2.12. The second-order valence-corrected chi connectivity index (χ2v) is 5.28. The maximum absolute atomic E-state index is 11.0. The minimum atomic E-state index is -3.02. The fourth-order valence-electron chi connectivity index (χ4n) is 0.982. The summed E-state index contributed by atoms with van der Waals surface area (Å²) in [5.41, 5.74) is 0. The summed E-state index contributed by atoms with van der Waals surface area (Å²) in [6.45, 7) is 1.86. The van der Waals surface area contributed by atoms with Gasteiger partial charge in [0.25, 0.3) is 0 Å². The van der Waals surface area contributed by atoms with Gasteiger partial charge in [-0.15, -0.1) is 0 Å². The Hall–Kier alpha value is -0.620. The van der Waals surface area contributed by atoms with Crippen LogP contribution >= 0.6 is 0 Å². The summed E-state index contributed by atoms with van der Waals surface area (Å²) in [5, 5.41) is 5.23. The van der Waals surface area contributed by atoms with Crippen LogP contribution in [-0.4, -0.2) is 46.0 Å². The van der Waals surface area contributed by atoms with Crippen molar-refractivity contribution in [2.75, 3.05) is 25.6 Å². The van der Waals surface area contributed by atoms with Crippen LogP contribution in [0.15, 0.2) is 0 Å². The van der Waals surface area contributed by atoms with Crippen molar-refractivity contribution in [1.82, 2.24) is 10.6 Å². The van der Waals surface area contributed by atoms with Crippen LogP contribution in [0.1, 0.15) is 6.92 Å². The van der Waals surface area contributed by atoms with E-state index >= 15 is 0 Å². The minimum Gasteiger partial charge on any atom is -0.352 e. The maximum atomic E-state index is 11.0. The molecule has 0 heterocycles. The van der Waals surface area contributed by atoms with E-state index < -0.39 is 9.84 Å². The molecule has 0 aliphatic carbocycles. The van der Waals surface area contributed by atoms with E-state index in [0.29, 0.717) is 0 Å². The number of hydrogen-bond donors (Lipinski definition) is 2. The molecule has 1 unspecified atom stereocenters. The molecular formula is C7H16N2O3S. The largest absolute Gasteiger partial charge is 0.352 e. The lowest BCUT2D eigenvalue weighted by Gasteiger charge is -2.11. The Labute approximate surface area is 78.8 Å². The highest BCUT2D eigenvalue weighted by Crippen LogP contribution is 1.89. The fraction of sp³-hybridized carbons (Fsp3) is 0.857. The van der Waals surface area contributed by atoms with Gasteiger partial charge in [0.1, 0.15) is 9.84 Å². The Morgan fingerprint density at radius 1 is 1.46 bits per heavy atom. The first kappa shape index (κ1) is 12.4. The average Bonchev–Trinajstić information content (AvgIpc) is 1.81. The van der Waals surface area contributed by atoms with Gasteiger partial charge in [0.15, 0.2) is 0 Å². The van der Waals surface area contributed by atoms with Gasteiger partial charge in [-0.3, -0.25) is 4.79 Å². The monoisotopic (exact) mass is 208 g/mol. The molecule has 78 valence electrons. The molecule has 0 bridgehead atoms. The summed E-state index contributed by atoms with van der Waals surface area (Å²) < 4.78 is 21.6. The van der Waals surface area contributed by atoms with Gasteiger partial charge < -0.3 is 10.6 Å². The number of hydrogen-bond acceptors (Lipinski definition) is 4. The van der Waals surface area contributed by atoms with E-state index in [2.05, 4.69) is 10.6 Å². The molecule has 0 saturated carbocycles. The molecule has 2 N–H and O–H groups in total. The summed E-state index contributed by atoms with van der Waals surface area (Å²) in [6.07, 6.45) is 1.15. The fourth-order valence-corrected chi connectivity index (χ4v) is 1.97. The number of sulfone groups is 1. The SMILES string of the molecule is CNCC(=O)NC(C)CS(C)(=O)=O. The van der Waals surface area contributed by atoms with Gasteiger partial charge in [0, 0.05) is 12.3 Å². The van der Waals surface area contributed by atoms with Crippen molar-refractivity contribution in [2.45, 2.75) is 13.0 Å². The summed E-state index contributed by atoms with van der Waals surface area (Å²) in [6, 6.07) is -0.337. The number of nitrogens with one attached hydrogen (secondary N) is 2. The predicted octanol–water partition coefficient (Wildman–Crippen LogP) is -1.24. The Bertz CT molecular complexity index is 261. The van der Waals surface area contributed by atoms with Crippen LogP contribution < -0.4 is 10.6 Å². The maximum Gasteiger partial charge on any atom is 0.234 e. The van der Waals surface area contributed by atoms with Gasteiger partial charge in [-0.05, 0) is 14.0 Å². The lowest BCUT2D eigenvalue weighted by molar-refractivity contribution is -0.120. The van der Waals surface area contributed by atoms with Crippen molar-refractivity contribution >= 4 is 15.7 Å². The highest BCUT2D eigenvalue weighted by molar-refractivity contribution is 7.90. The summed E-state index contributed by atoms with van der Waals surface area (Å²) in [4.78, 5) is 11.0. The van der Waals surface area contributed by atoms with Crippen molar-refractivity contribution in [3.8, 4) is 0 Å². The predicted molar refractivity (Wildman–Crippen MR) is 51.2 cm³/mol. The third-order valence-corrected chi connectivity index (χ3v) is 2.40. The third kappa shape index (κ3) is 7.73. The van der Waals surface area contributed by atoms with Crippen LogP contribution in [0.2, 0.25) is 0 Å². The topological polar surface area (TPSA) is 75.3 Å². The Balaban J connectivity index is 3.88. The van der Waals surface area contributed by atoms with Crippen molar-refractivity contribution in [3.63, 3.8) is 0 Å². The third-order valence-electron chi connectivity index (χ3n) is 1.30. The summed E-state index contributed by atoms with van der Waals surface area (Å²) in [7, 11) is -1.37. The number of likely N-dealkylation sites (N-methyl/N-ethyl adjacent to an activating group) is 1. The molecular weight excluding hydrogens is 192 g/mol. The van der Waals surface area contributed by atoms with E-state index in [4.69, 9.17) is 0 Å². The Kier molecular flexibility index (Phi) is 4.94. The van der Waals surface area contributed by atoms with E-state index in [1.54, 1.807) is 14.0 Å². The number of carbonyl (C=O) groups excluding carboxylic acids is 1. The standard InChI is InChI=1S/C7H16N2O3S/c1-6(5-13(3,11)12)9-7(10)4-8-2/h6,8H,4-5H2,1-3H3,(H,9,10). The van der Waals surface area contributed by atoms with Crippen LogP contribution in [0, 0.1) is 0 Å². The van der Waals surface area contributed by atoms with Gasteiger partial charge in [-0.2, -0.15) is 0 Å². The Morgan fingerprint density at radius 2 is 2.00 bits per heavy atom. The molecule has 1 amide bonds. The zero-order valence-electron chi connectivity index (χ0n) is 8.12. The zero-order valence-corrected chi connectivity index (χ0v) is 8.94. The molecule has 1 atom stereocenters. The average molecular weight is 208 g/mol. The van der Waals surface area contributed by atoms with Crippen LogP contribution in [0.3, 0.4) is 0 Å². The summed E-state index contributed by atoms with van der Waals surface area (Å²) >= 11 is 0. The van der Waals surface area contributed by atoms with E-state index in [-0.39, 0.29) is 24.2 Å². The van der Waals surface area contributed by atoms with E-state index in [0.717, 1.165) is 6.26 Å². The lowest BCUT2D eigenvalue weighted by Crippen LogP contribution is -2.41. The first-order chi connectivity index (χ1) is 5.85. The second kappa shape index (κ2) is 5.18. The molecule has 0 aromatic rings. The molecule has 0 radical (unpaired) electrons. The normalized spacial score (nSPS) is 13.8. The molecule has 13 heavy (non-hydrogen) atoms. The summed E-state index contributed by atoms with van der Waals surface area (Å²) in [5.74, 6) is -0.221. The zero-order chi connectivity index (χ0) is 10.5. The minimum absolute atomic E-state index is 0.0253. The van der Waals surface area contributed by atoms with E-state index in [1.165, 1.54) is 0 Å². The van der Waals surface area contributed by atoms with Gasteiger partial charge in [0.05, 0.1) is 12.3 Å². The number of amides is 1. The van der Waals surface area contributed by atoms with Crippen molar-refractivity contribution in [2.24, 2.45) is 0 Å². The smallest absolute Gasteiger partial charge is 0.234 e. The van der Waals surface area contributed by atoms with Crippen molar-refractivity contribution < 1.29 is 13.2 Å². The van der Waals surface area contributed by atoms with Crippen LogP contribution in [0.25, 0.3) is 0 Å². The quantitative estimate of drug-likeness (QED) is 0.592. The molecule has 0 fully saturated rings. The van der Waals surface area contributed by atoms with Gasteiger partial charge in [0.2, 0.25) is 5.91 Å². The number of rotatable bonds is 5. The second-order valence-electron chi connectivity index (χ2n) is 3.09. The molecule has 5 nitrogen and oxygen atoms in total. The van der Waals surface area contributed by atoms with Crippen LogP contribution in [-0.2, 0) is 14.6 Å². The van der Waals surface area contributed by atoms with Crippen molar-refractivity contribution in [3.05, 3.63) is 0 Å². The van der Waals surface area contributed by atoms with Crippen LogP contribution in [0.4, 0.5) is 0 Å². The molecule has 0 aliphatic rings. The first-order valence-corrected chi connectivity index (χ1v) is 6.03. The van der Waals surface area contributed by atoms with E-state index in [1.807, 2.05) is 0 Å². The van der Waals surface area contributed by atoms with Crippen molar-refractivity contribution in [1.29, 1.82) is 0 Å². The lowest BCUT2D eigenvalue weighted by atomic mass is 10.4. The molecule has 0 saturated heterocycles. The highest BCUT2D eigenvalue weighted by atomic mass is 32.2. The molecule has 0 aliphatic heterocycles. The molecule has 0 spiro atoms. The van der Waals surface area contributed by atoms with E-state index in [9.17, 15) is 13.2 Å². The van der Waals surface area contributed by atoms with Gasteiger partial charge >= 0.3 is 0 Å². The molecule has 0 rings (SSSR count). The molecule has 6 heteroatoms. The van der Waals surface area contributed by atoms with Gasteiger partial charge in [-0.1, -0.05) is 0 Å². The molecule has 0 aromatic heterocycles. The van der Waals surface area contributed by atoms with Crippen LogP contribution in [0.5, 0.6) is 0 Å². The first-order valence-electron chi connectivity index (χ1n) is 3.97. The number of carbonyl (C=O) groups is 1. The molecule has 0 aromatic carbocycles. The van der Waals surface area contributed by atoms with Gasteiger partial charge in [-0.25, -0.2) is 8.42 Å². The Morgan fingerprint density at radius 3 is 2.38 bits per heavy atom.